The van der Waals surface area contributed by atoms with E-state index in [1.54, 1.807) is 11.1 Å². The van der Waals surface area contributed by atoms with Gasteiger partial charge in [-0.15, -0.1) is 11.3 Å². The van der Waals surface area contributed by atoms with Crippen molar-refractivity contribution in [1.29, 1.82) is 0 Å². The lowest BCUT2D eigenvalue weighted by Crippen LogP contribution is -2.11. The van der Waals surface area contributed by atoms with Crippen molar-refractivity contribution in [3.8, 4) is 10.6 Å². The van der Waals surface area contributed by atoms with Crippen molar-refractivity contribution in [3.05, 3.63) is 28.5 Å². The molecule has 0 bridgehead atoms. The second-order valence-corrected chi connectivity index (χ2v) is 7.57. The van der Waals surface area contributed by atoms with E-state index in [1.165, 1.54) is 78.1 Å². The number of hydrogen-bond acceptors (Lipinski definition) is 3. The van der Waals surface area contributed by atoms with Crippen LogP contribution in [-0.4, -0.2) is 14.1 Å². The summed E-state index contributed by atoms with van der Waals surface area (Å²) in [5, 5.41) is 1.45. The van der Waals surface area contributed by atoms with Crippen molar-refractivity contribution in [2.24, 2.45) is 0 Å². The van der Waals surface area contributed by atoms with Crippen LogP contribution >= 0.6 is 11.3 Å². The van der Waals surface area contributed by atoms with Crippen LogP contribution in [0.1, 0.15) is 47.9 Å². The molecule has 0 N–H and O–H groups in total. The summed E-state index contributed by atoms with van der Waals surface area (Å²) in [6, 6.07) is 0. The van der Waals surface area contributed by atoms with E-state index in [2.05, 4.69) is 19.0 Å². The van der Waals surface area contributed by atoms with Gasteiger partial charge in [-0.3, -0.25) is 0 Å². The Kier molecular flexibility index (Phi) is 3.33. The third kappa shape index (κ3) is 2.13. The highest BCUT2D eigenvalue weighted by molar-refractivity contribution is 7.19. The molecule has 0 aliphatic heterocycles. The molecule has 0 aromatic carbocycles. The Hall–Kier alpha value is -1.22. The van der Waals surface area contributed by atoms with Gasteiger partial charge in [0.2, 0.25) is 0 Å². The van der Waals surface area contributed by atoms with E-state index in [0.29, 0.717) is 0 Å². The van der Waals surface area contributed by atoms with Gasteiger partial charge in [-0.25, -0.2) is 0 Å². The van der Waals surface area contributed by atoms with E-state index >= 15 is 0 Å². The van der Waals surface area contributed by atoms with Crippen molar-refractivity contribution in [3.63, 3.8) is 0 Å². The summed E-state index contributed by atoms with van der Waals surface area (Å²) in [5.74, 6) is 1.20. The SMILES string of the molecule is CN(C)c1sc(-c2occ3c2CCCC3)c2c1CCCC2. The Bertz CT molecular complexity index is 665. The second kappa shape index (κ2) is 5.20. The summed E-state index contributed by atoms with van der Waals surface area (Å²) in [6.45, 7) is 0. The van der Waals surface area contributed by atoms with Crippen LogP contribution in [0.25, 0.3) is 10.6 Å². The largest absolute Gasteiger partial charge is 0.463 e. The molecule has 0 unspecified atom stereocenters. The minimum atomic E-state index is 1.20. The molecule has 0 saturated heterocycles. The average molecular weight is 301 g/mol. The Morgan fingerprint density at radius 1 is 0.905 bits per heavy atom. The Labute approximate surface area is 130 Å². The van der Waals surface area contributed by atoms with Crippen LogP contribution in [0.15, 0.2) is 10.7 Å². The molecule has 0 radical (unpaired) electrons. The first kappa shape index (κ1) is 13.4. The number of nitrogens with zero attached hydrogens (tertiary/aromatic N) is 1. The maximum atomic E-state index is 6.05. The summed E-state index contributed by atoms with van der Waals surface area (Å²) in [5.41, 5.74) is 6.13. The second-order valence-electron chi connectivity index (χ2n) is 6.57. The molecule has 2 aliphatic carbocycles. The zero-order chi connectivity index (χ0) is 14.4. The molecule has 4 rings (SSSR count). The number of hydrogen-bond donors (Lipinski definition) is 0. The van der Waals surface area contributed by atoms with Gasteiger partial charge in [-0.1, -0.05) is 0 Å². The van der Waals surface area contributed by atoms with E-state index < -0.39 is 0 Å². The van der Waals surface area contributed by atoms with Crippen LogP contribution in [0.3, 0.4) is 0 Å². The molecule has 112 valence electrons. The van der Waals surface area contributed by atoms with Gasteiger partial charge < -0.3 is 9.32 Å². The smallest absolute Gasteiger partial charge is 0.147 e. The summed E-state index contributed by atoms with van der Waals surface area (Å²) < 4.78 is 6.05. The molecular formula is C18H23NOS. The van der Waals surface area contributed by atoms with Crippen LogP contribution in [0, 0.1) is 0 Å². The van der Waals surface area contributed by atoms with E-state index in [0.717, 1.165) is 0 Å². The van der Waals surface area contributed by atoms with E-state index in [-0.39, 0.29) is 0 Å². The molecule has 0 saturated carbocycles. The molecule has 0 amide bonds. The van der Waals surface area contributed by atoms with E-state index in [9.17, 15) is 0 Å². The molecule has 0 fully saturated rings. The molecule has 21 heavy (non-hydrogen) atoms. The highest BCUT2D eigenvalue weighted by Gasteiger charge is 2.27. The van der Waals surface area contributed by atoms with Crippen molar-refractivity contribution >= 4 is 16.3 Å². The van der Waals surface area contributed by atoms with Gasteiger partial charge >= 0.3 is 0 Å². The maximum Gasteiger partial charge on any atom is 0.147 e. The molecule has 2 aromatic heterocycles. The average Bonchev–Trinajstić information content (AvgIpc) is 3.08. The fraction of sp³-hybridized carbons (Fsp3) is 0.556. The Morgan fingerprint density at radius 2 is 1.57 bits per heavy atom. The lowest BCUT2D eigenvalue weighted by Gasteiger charge is -2.17. The quantitative estimate of drug-likeness (QED) is 0.790. The number of anilines is 1. The van der Waals surface area contributed by atoms with Crippen LogP contribution in [0.5, 0.6) is 0 Å². The van der Waals surface area contributed by atoms with Crippen molar-refractivity contribution in [1.82, 2.24) is 0 Å². The molecule has 2 nitrogen and oxygen atoms in total. The topological polar surface area (TPSA) is 16.4 Å². The number of thiophene rings is 1. The van der Waals surface area contributed by atoms with Crippen LogP contribution < -0.4 is 4.90 Å². The fourth-order valence-electron chi connectivity index (χ4n) is 3.87. The number of aryl methyl sites for hydroxylation is 1. The third-order valence-electron chi connectivity index (χ3n) is 4.91. The lowest BCUT2D eigenvalue weighted by atomic mass is 9.89. The maximum absolute atomic E-state index is 6.05. The zero-order valence-electron chi connectivity index (χ0n) is 13.0. The van der Waals surface area contributed by atoms with E-state index in [4.69, 9.17) is 4.42 Å². The van der Waals surface area contributed by atoms with Gasteiger partial charge in [0.25, 0.3) is 0 Å². The monoisotopic (exact) mass is 301 g/mol. The van der Waals surface area contributed by atoms with E-state index in [1.807, 2.05) is 17.6 Å². The van der Waals surface area contributed by atoms with Crippen LogP contribution in [-0.2, 0) is 25.7 Å². The highest BCUT2D eigenvalue weighted by atomic mass is 32.1. The molecule has 2 heterocycles. The summed E-state index contributed by atoms with van der Waals surface area (Å²) in [4.78, 5) is 3.71. The molecule has 0 spiro atoms. The Morgan fingerprint density at radius 3 is 2.33 bits per heavy atom. The molecular weight excluding hydrogens is 278 g/mol. The predicted molar refractivity (Wildman–Crippen MR) is 89.6 cm³/mol. The minimum Gasteiger partial charge on any atom is -0.463 e. The number of fused-ring (bicyclic) bond motifs is 2. The summed E-state index contributed by atoms with van der Waals surface area (Å²) >= 11 is 1.95. The summed E-state index contributed by atoms with van der Waals surface area (Å²) in [6.07, 6.45) is 12.2. The van der Waals surface area contributed by atoms with Crippen LogP contribution in [0.2, 0.25) is 0 Å². The lowest BCUT2D eigenvalue weighted by molar-refractivity contribution is 0.577. The predicted octanol–water partition coefficient (Wildman–Crippen LogP) is 4.83. The third-order valence-corrected chi connectivity index (χ3v) is 6.36. The van der Waals surface area contributed by atoms with Crippen molar-refractivity contribution in [2.45, 2.75) is 51.4 Å². The molecule has 0 atom stereocenters. The highest BCUT2D eigenvalue weighted by Crippen LogP contribution is 2.47. The first-order valence-electron chi connectivity index (χ1n) is 8.17. The fourth-order valence-corrected chi connectivity index (χ4v) is 5.20. The molecule has 3 heteroatoms. The van der Waals surface area contributed by atoms with Gasteiger partial charge in [0, 0.05) is 19.7 Å². The first-order chi connectivity index (χ1) is 10.3. The molecule has 2 aliphatic rings. The standard InChI is InChI=1S/C18H23NOS/c1-19(2)18-15-10-6-5-9-14(15)17(21-18)16-13-8-4-3-7-12(13)11-20-16/h11H,3-10H2,1-2H3. The van der Waals surface area contributed by atoms with Crippen molar-refractivity contribution < 1.29 is 4.42 Å². The number of furan rings is 1. The van der Waals surface area contributed by atoms with Gasteiger partial charge in [0.05, 0.1) is 16.1 Å². The van der Waals surface area contributed by atoms with Crippen LogP contribution in [0.4, 0.5) is 5.00 Å². The normalized spacial score (nSPS) is 17.4. The van der Waals surface area contributed by atoms with Gasteiger partial charge in [-0.2, -0.15) is 0 Å². The molecule has 2 aromatic rings. The van der Waals surface area contributed by atoms with Gasteiger partial charge in [0.15, 0.2) is 0 Å². The minimum absolute atomic E-state index is 1.20. The summed E-state index contributed by atoms with van der Waals surface area (Å²) in [7, 11) is 4.34. The zero-order valence-corrected chi connectivity index (χ0v) is 13.8. The van der Waals surface area contributed by atoms with Gasteiger partial charge in [0.1, 0.15) is 5.76 Å². The van der Waals surface area contributed by atoms with Crippen molar-refractivity contribution in [2.75, 3.05) is 19.0 Å². The first-order valence-corrected chi connectivity index (χ1v) is 8.99. The number of rotatable bonds is 2. The van der Waals surface area contributed by atoms with Gasteiger partial charge in [-0.05, 0) is 68.1 Å². The Balaban J connectivity index is 1.87.